The molecule has 5 heteroatoms. The van der Waals surface area contributed by atoms with Gasteiger partial charge in [-0.1, -0.05) is 28.6 Å². The molecule has 0 N–H and O–H groups in total. The Morgan fingerprint density at radius 2 is 2.44 bits per heavy atom. The van der Waals surface area contributed by atoms with Crippen molar-refractivity contribution in [3.63, 3.8) is 0 Å². The van der Waals surface area contributed by atoms with Gasteiger partial charge in [0.1, 0.15) is 23.9 Å². The summed E-state index contributed by atoms with van der Waals surface area (Å²) in [7, 11) is 0. The number of carbonyl (C=O) groups is 1. The minimum atomic E-state index is 0.419. The van der Waals surface area contributed by atoms with Crippen LogP contribution < -0.4 is 0 Å². The highest BCUT2D eigenvalue weighted by molar-refractivity contribution is 9.11. The highest BCUT2D eigenvalue weighted by Gasteiger charge is 2.19. The largest absolute Gasteiger partial charge is 0.492 e. The summed E-state index contributed by atoms with van der Waals surface area (Å²) < 4.78 is 8.33. The molecule has 0 fully saturated rings. The van der Waals surface area contributed by atoms with Crippen LogP contribution in [0.2, 0.25) is 0 Å². The van der Waals surface area contributed by atoms with Crippen LogP contribution in [0, 0.1) is 0 Å². The van der Waals surface area contributed by atoms with Gasteiger partial charge in [0.25, 0.3) is 0 Å². The van der Waals surface area contributed by atoms with E-state index in [9.17, 15) is 4.79 Å². The summed E-state index contributed by atoms with van der Waals surface area (Å²) in [6.07, 6.45) is 6.27. The topological polar surface area (TPSA) is 44.1 Å². The Bertz CT molecular complexity index is 555. The molecule has 0 unspecified atom stereocenters. The summed E-state index contributed by atoms with van der Waals surface area (Å²) >= 11 is 3.42. The lowest BCUT2D eigenvalue weighted by Gasteiger charge is -2.06. The minimum absolute atomic E-state index is 0.419. The second kappa shape index (κ2) is 5.35. The van der Waals surface area contributed by atoms with Gasteiger partial charge in [0.15, 0.2) is 6.29 Å². The number of aldehydes is 1. The summed E-state index contributed by atoms with van der Waals surface area (Å²) in [6.45, 7) is 6.99. The van der Waals surface area contributed by atoms with Crippen molar-refractivity contribution in [1.29, 1.82) is 0 Å². The van der Waals surface area contributed by atoms with Gasteiger partial charge < -0.3 is 9.30 Å². The lowest BCUT2D eigenvalue weighted by molar-refractivity contribution is 0.111. The lowest BCUT2D eigenvalue weighted by atomic mass is 10.2. The van der Waals surface area contributed by atoms with Crippen molar-refractivity contribution in [2.45, 2.75) is 13.5 Å². The Morgan fingerprint density at radius 3 is 3.11 bits per heavy atom. The Labute approximate surface area is 114 Å². The number of halogens is 1. The van der Waals surface area contributed by atoms with E-state index in [1.807, 2.05) is 23.6 Å². The molecule has 0 bridgehead atoms. The Kier molecular flexibility index (Phi) is 3.81. The fourth-order valence-corrected chi connectivity index (χ4v) is 1.94. The third kappa shape index (κ3) is 2.46. The zero-order chi connectivity index (χ0) is 13.1. The van der Waals surface area contributed by atoms with Crippen LogP contribution in [0.25, 0.3) is 5.57 Å². The van der Waals surface area contributed by atoms with Crippen molar-refractivity contribution in [2.75, 3.05) is 6.61 Å². The van der Waals surface area contributed by atoms with E-state index in [2.05, 4.69) is 27.5 Å². The van der Waals surface area contributed by atoms with Crippen LogP contribution in [-0.2, 0) is 11.3 Å². The van der Waals surface area contributed by atoms with Gasteiger partial charge in [0.05, 0.1) is 12.1 Å². The first-order chi connectivity index (χ1) is 8.65. The average Bonchev–Trinajstić information content (AvgIpc) is 2.72. The maximum absolute atomic E-state index is 10.8. The molecule has 1 aromatic rings. The molecule has 0 aromatic carbocycles. The fraction of sp³-hybridized carbons (Fsp3) is 0.231. The second-order valence-corrected chi connectivity index (χ2v) is 4.72. The van der Waals surface area contributed by atoms with Crippen LogP contribution in [0.5, 0.6) is 0 Å². The fourth-order valence-electron chi connectivity index (χ4n) is 1.71. The maximum Gasteiger partial charge on any atom is 0.170 e. The average molecular weight is 309 g/mol. The molecule has 0 spiro atoms. The van der Waals surface area contributed by atoms with E-state index in [4.69, 9.17) is 4.74 Å². The maximum atomic E-state index is 10.8. The van der Waals surface area contributed by atoms with E-state index in [0.717, 1.165) is 16.3 Å². The van der Waals surface area contributed by atoms with Gasteiger partial charge in [-0.3, -0.25) is 4.79 Å². The van der Waals surface area contributed by atoms with Gasteiger partial charge in [0, 0.05) is 10.7 Å². The van der Waals surface area contributed by atoms with Crippen molar-refractivity contribution in [3.8, 4) is 0 Å². The van der Waals surface area contributed by atoms with Crippen molar-refractivity contribution in [3.05, 3.63) is 46.7 Å². The normalized spacial score (nSPS) is 18.2. The molecule has 4 nitrogen and oxygen atoms in total. The van der Waals surface area contributed by atoms with Gasteiger partial charge in [-0.05, 0) is 13.0 Å². The number of imidazole rings is 1. The zero-order valence-electron chi connectivity index (χ0n) is 10.0. The summed E-state index contributed by atoms with van der Waals surface area (Å²) in [5.41, 5.74) is 1.20. The lowest BCUT2D eigenvalue weighted by Crippen LogP contribution is -2.01. The van der Waals surface area contributed by atoms with Crippen molar-refractivity contribution < 1.29 is 9.53 Å². The number of hydrogen-bond acceptors (Lipinski definition) is 3. The standard InChI is InChI=1S/C13H13BrN2O2/c1-3-10(14)6-12-9(2)18-5-4-16-7-11(8-17)15-13(12)16/h3,6-8H,2,4-5H2,1H3/b10-3+,12-6+. The predicted octanol–water partition coefficient (Wildman–Crippen LogP) is 2.92. The van der Waals surface area contributed by atoms with E-state index in [-0.39, 0.29) is 0 Å². The molecule has 0 atom stereocenters. The van der Waals surface area contributed by atoms with Crippen molar-refractivity contribution in [1.82, 2.24) is 9.55 Å². The SMILES string of the molecule is C=C1OCCn2cc(C=O)nc2/C1=C/C(Br)=C\C. The smallest absolute Gasteiger partial charge is 0.170 e. The van der Waals surface area contributed by atoms with E-state index in [1.165, 1.54) is 0 Å². The zero-order valence-corrected chi connectivity index (χ0v) is 11.6. The van der Waals surface area contributed by atoms with E-state index >= 15 is 0 Å². The highest BCUT2D eigenvalue weighted by atomic mass is 79.9. The summed E-state index contributed by atoms with van der Waals surface area (Å²) in [5, 5.41) is 0. The van der Waals surface area contributed by atoms with Crippen LogP contribution in [0.1, 0.15) is 23.2 Å². The molecule has 1 aliphatic heterocycles. The summed E-state index contributed by atoms with van der Waals surface area (Å²) in [5.74, 6) is 1.27. The molecule has 18 heavy (non-hydrogen) atoms. The van der Waals surface area contributed by atoms with Gasteiger partial charge in [-0.25, -0.2) is 4.98 Å². The Balaban J connectivity index is 2.56. The first kappa shape index (κ1) is 12.8. The molecule has 1 aromatic heterocycles. The Hall–Kier alpha value is -1.62. The second-order valence-electron chi connectivity index (χ2n) is 3.80. The number of allylic oxidation sites excluding steroid dienone is 4. The molecule has 0 saturated carbocycles. The molecule has 94 valence electrons. The van der Waals surface area contributed by atoms with Gasteiger partial charge in [0.2, 0.25) is 0 Å². The number of nitrogens with zero attached hydrogens (tertiary/aromatic N) is 2. The predicted molar refractivity (Wildman–Crippen MR) is 73.4 cm³/mol. The summed E-state index contributed by atoms with van der Waals surface area (Å²) in [6, 6.07) is 0. The van der Waals surface area contributed by atoms with Gasteiger partial charge in [-0.15, -0.1) is 0 Å². The van der Waals surface area contributed by atoms with Gasteiger partial charge >= 0.3 is 0 Å². The number of aromatic nitrogens is 2. The molecule has 1 aliphatic rings. The number of fused-ring (bicyclic) bond motifs is 1. The summed E-state index contributed by atoms with van der Waals surface area (Å²) in [4.78, 5) is 15.1. The van der Waals surface area contributed by atoms with E-state index in [0.29, 0.717) is 30.4 Å². The molecule has 2 rings (SSSR count). The molecular weight excluding hydrogens is 296 g/mol. The molecule has 0 saturated heterocycles. The van der Waals surface area contributed by atoms with Crippen LogP contribution in [-0.4, -0.2) is 22.4 Å². The number of ether oxygens (including phenoxy) is 1. The number of hydrogen-bond donors (Lipinski definition) is 0. The first-order valence-electron chi connectivity index (χ1n) is 5.54. The van der Waals surface area contributed by atoms with Gasteiger partial charge in [-0.2, -0.15) is 0 Å². The first-order valence-corrected chi connectivity index (χ1v) is 6.33. The quantitative estimate of drug-likeness (QED) is 0.789. The van der Waals surface area contributed by atoms with Crippen LogP contribution >= 0.6 is 15.9 Å². The molecule has 0 aliphatic carbocycles. The van der Waals surface area contributed by atoms with Crippen molar-refractivity contribution in [2.24, 2.45) is 0 Å². The minimum Gasteiger partial charge on any atom is -0.492 e. The molecule has 0 amide bonds. The van der Waals surface area contributed by atoms with E-state index in [1.54, 1.807) is 6.20 Å². The Morgan fingerprint density at radius 1 is 1.67 bits per heavy atom. The number of rotatable bonds is 2. The van der Waals surface area contributed by atoms with E-state index < -0.39 is 0 Å². The molecular formula is C13H13BrN2O2. The monoisotopic (exact) mass is 308 g/mol. The number of carbonyl (C=O) groups excluding carboxylic acids is 1. The van der Waals surface area contributed by atoms with Crippen LogP contribution in [0.4, 0.5) is 0 Å². The van der Waals surface area contributed by atoms with Crippen LogP contribution in [0.3, 0.4) is 0 Å². The third-order valence-corrected chi connectivity index (χ3v) is 3.31. The van der Waals surface area contributed by atoms with Crippen molar-refractivity contribution >= 4 is 27.8 Å². The molecule has 0 radical (unpaired) electrons. The highest BCUT2D eigenvalue weighted by Crippen LogP contribution is 2.27. The third-order valence-electron chi connectivity index (χ3n) is 2.62. The van der Waals surface area contributed by atoms with Crippen LogP contribution in [0.15, 0.2) is 35.2 Å². The molecule has 2 heterocycles.